The van der Waals surface area contributed by atoms with Gasteiger partial charge in [0.2, 0.25) is 0 Å². The quantitative estimate of drug-likeness (QED) is 0.431. The molecule has 0 unspecified atom stereocenters. The molecule has 0 fully saturated rings. The average molecular weight is 435 g/mol. The fourth-order valence-electron chi connectivity index (χ4n) is 2.63. The molecule has 3 aromatic rings. The van der Waals surface area contributed by atoms with Gasteiger partial charge in [-0.05, 0) is 54.8 Å². The lowest BCUT2D eigenvalue weighted by Crippen LogP contribution is -2.16. The number of unbranched alkanes of at least 4 members (excludes halogenated alkanes) is 1. The molecule has 0 spiro atoms. The fraction of sp³-hybridized carbons (Fsp3) is 0.238. The van der Waals surface area contributed by atoms with Crippen LogP contribution in [-0.4, -0.2) is 17.3 Å². The summed E-state index contributed by atoms with van der Waals surface area (Å²) in [6.45, 7) is 2.14. The Morgan fingerprint density at radius 3 is 2.37 bits per heavy atom. The summed E-state index contributed by atoms with van der Waals surface area (Å²) in [6, 6.07) is 13.0. The minimum absolute atomic E-state index is 0.245. The number of aromatic nitrogens is 1. The van der Waals surface area contributed by atoms with Gasteiger partial charge < -0.3 is 15.4 Å². The Hall–Kier alpha value is -3.07. The molecule has 1 aromatic heterocycles. The van der Waals surface area contributed by atoms with E-state index < -0.39 is 6.36 Å². The number of nitrogens with zero attached hydrogens (tertiary/aromatic N) is 1. The van der Waals surface area contributed by atoms with E-state index in [1.165, 1.54) is 41.2 Å². The highest BCUT2D eigenvalue weighted by Gasteiger charge is 2.30. The van der Waals surface area contributed by atoms with Crippen molar-refractivity contribution in [1.82, 2.24) is 4.98 Å². The van der Waals surface area contributed by atoms with Gasteiger partial charge in [-0.15, -0.1) is 24.5 Å². The number of amides is 1. The average Bonchev–Trinajstić information content (AvgIpc) is 3.16. The van der Waals surface area contributed by atoms with E-state index in [1.807, 2.05) is 24.3 Å². The Kier molecular flexibility index (Phi) is 6.94. The van der Waals surface area contributed by atoms with Gasteiger partial charge in [0.05, 0.1) is 0 Å². The number of thiazole rings is 1. The third-order valence-electron chi connectivity index (χ3n) is 4.11. The first-order chi connectivity index (χ1) is 14.3. The minimum Gasteiger partial charge on any atom is -0.406 e. The van der Waals surface area contributed by atoms with E-state index in [9.17, 15) is 18.0 Å². The number of carbonyl (C=O) groups is 1. The number of hydrogen-bond donors (Lipinski definition) is 2. The normalized spacial score (nSPS) is 11.2. The first-order valence-corrected chi connectivity index (χ1v) is 10.2. The number of ether oxygens (including phenoxy) is 1. The number of anilines is 3. The largest absolute Gasteiger partial charge is 0.573 e. The molecular formula is C21H20F3N3O2S. The van der Waals surface area contributed by atoms with Gasteiger partial charge in [-0.3, -0.25) is 4.79 Å². The molecule has 1 heterocycles. The van der Waals surface area contributed by atoms with Gasteiger partial charge >= 0.3 is 6.36 Å². The van der Waals surface area contributed by atoms with Crippen molar-refractivity contribution in [2.45, 2.75) is 32.5 Å². The first kappa shape index (κ1) is 21.6. The second kappa shape index (κ2) is 9.62. The van der Waals surface area contributed by atoms with Crippen LogP contribution in [0.15, 0.2) is 53.9 Å². The summed E-state index contributed by atoms with van der Waals surface area (Å²) in [5, 5.41) is 7.80. The molecule has 0 atom stereocenters. The zero-order chi connectivity index (χ0) is 21.6. The molecule has 1 amide bonds. The van der Waals surface area contributed by atoms with Gasteiger partial charge in [0, 0.05) is 16.8 Å². The molecule has 2 aromatic carbocycles. The predicted molar refractivity (Wildman–Crippen MR) is 112 cm³/mol. The van der Waals surface area contributed by atoms with Gasteiger partial charge in [-0.2, -0.15) is 0 Å². The molecule has 0 aliphatic rings. The van der Waals surface area contributed by atoms with Crippen molar-refractivity contribution in [2.75, 3.05) is 10.6 Å². The highest BCUT2D eigenvalue weighted by atomic mass is 32.1. The van der Waals surface area contributed by atoms with Crippen LogP contribution in [-0.2, 0) is 6.42 Å². The molecule has 158 valence electrons. The van der Waals surface area contributed by atoms with E-state index in [1.54, 1.807) is 5.38 Å². The Balaban J connectivity index is 1.57. The van der Waals surface area contributed by atoms with Crippen molar-refractivity contribution >= 4 is 33.8 Å². The maximum absolute atomic E-state index is 12.4. The van der Waals surface area contributed by atoms with Crippen LogP contribution in [0.5, 0.6) is 5.75 Å². The number of rotatable bonds is 8. The SMILES string of the molecule is CCCCc1ccc(NC(=O)c2csc(Nc3ccc(OC(F)(F)F)cc3)n2)cc1. The lowest BCUT2D eigenvalue weighted by atomic mass is 10.1. The topological polar surface area (TPSA) is 63.2 Å². The van der Waals surface area contributed by atoms with Gasteiger partial charge in [-0.25, -0.2) is 4.98 Å². The molecule has 0 saturated heterocycles. The highest BCUT2D eigenvalue weighted by Crippen LogP contribution is 2.26. The summed E-state index contributed by atoms with van der Waals surface area (Å²) in [4.78, 5) is 16.6. The zero-order valence-electron chi connectivity index (χ0n) is 16.1. The summed E-state index contributed by atoms with van der Waals surface area (Å²) in [7, 11) is 0. The van der Waals surface area contributed by atoms with Crippen molar-refractivity contribution in [1.29, 1.82) is 0 Å². The van der Waals surface area contributed by atoms with Crippen molar-refractivity contribution in [3.63, 3.8) is 0 Å². The second-order valence-corrected chi connectivity index (χ2v) is 7.35. The number of benzene rings is 2. The predicted octanol–water partition coefficient (Wildman–Crippen LogP) is 6.38. The van der Waals surface area contributed by atoms with E-state index >= 15 is 0 Å². The summed E-state index contributed by atoms with van der Waals surface area (Å²) in [6.07, 6.45) is -1.47. The van der Waals surface area contributed by atoms with Crippen LogP contribution in [0.25, 0.3) is 0 Å². The van der Waals surface area contributed by atoms with E-state index in [-0.39, 0.29) is 17.4 Å². The van der Waals surface area contributed by atoms with Crippen molar-refractivity contribution in [2.24, 2.45) is 0 Å². The van der Waals surface area contributed by atoms with E-state index in [4.69, 9.17) is 0 Å². The van der Waals surface area contributed by atoms with Gasteiger partial charge in [0.25, 0.3) is 5.91 Å². The van der Waals surface area contributed by atoms with E-state index in [2.05, 4.69) is 27.3 Å². The smallest absolute Gasteiger partial charge is 0.406 e. The van der Waals surface area contributed by atoms with Crippen molar-refractivity contribution < 1.29 is 22.7 Å². The first-order valence-electron chi connectivity index (χ1n) is 9.31. The molecule has 0 saturated carbocycles. The number of nitrogens with one attached hydrogen (secondary N) is 2. The van der Waals surface area contributed by atoms with Gasteiger partial charge in [0.1, 0.15) is 11.4 Å². The molecule has 0 aliphatic carbocycles. The molecule has 3 rings (SSSR count). The monoisotopic (exact) mass is 435 g/mol. The molecular weight excluding hydrogens is 415 g/mol. The maximum atomic E-state index is 12.4. The zero-order valence-corrected chi connectivity index (χ0v) is 16.9. The lowest BCUT2D eigenvalue weighted by Gasteiger charge is -2.09. The Bertz CT molecular complexity index is 970. The number of aryl methyl sites for hydroxylation is 1. The summed E-state index contributed by atoms with van der Waals surface area (Å²) in [5.41, 5.74) is 2.67. The van der Waals surface area contributed by atoms with Crippen molar-refractivity contribution in [3.8, 4) is 5.75 Å². The fourth-order valence-corrected chi connectivity index (χ4v) is 3.34. The molecule has 9 heteroatoms. The van der Waals surface area contributed by atoms with Crippen molar-refractivity contribution in [3.05, 3.63) is 65.2 Å². The highest BCUT2D eigenvalue weighted by molar-refractivity contribution is 7.14. The van der Waals surface area contributed by atoms with E-state index in [0.29, 0.717) is 16.5 Å². The second-order valence-electron chi connectivity index (χ2n) is 6.49. The molecule has 0 bridgehead atoms. The number of hydrogen-bond acceptors (Lipinski definition) is 5. The molecule has 30 heavy (non-hydrogen) atoms. The number of carbonyl (C=O) groups excluding carboxylic acids is 1. The van der Waals surface area contributed by atoms with Crippen LogP contribution in [0.3, 0.4) is 0 Å². The Morgan fingerprint density at radius 2 is 1.73 bits per heavy atom. The van der Waals surface area contributed by atoms with Crippen LogP contribution in [0.1, 0.15) is 35.8 Å². The van der Waals surface area contributed by atoms with Crippen LogP contribution in [0.4, 0.5) is 29.7 Å². The number of alkyl halides is 3. The van der Waals surface area contributed by atoms with Crippen LogP contribution in [0, 0.1) is 0 Å². The van der Waals surface area contributed by atoms with Crippen LogP contribution < -0.4 is 15.4 Å². The number of halogens is 3. The van der Waals surface area contributed by atoms with Crippen LogP contribution >= 0.6 is 11.3 Å². The Labute approximate surface area is 175 Å². The standard InChI is InChI=1S/C21H20F3N3O2S/c1-2-3-4-14-5-7-15(8-6-14)25-19(28)18-13-30-20(27-18)26-16-9-11-17(12-10-16)29-21(22,23)24/h5-13H,2-4H2,1H3,(H,25,28)(H,26,27). The third kappa shape index (κ3) is 6.48. The van der Waals surface area contributed by atoms with Crippen LogP contribution in [0.2, 0.25) is 0 Å². The molecule has 0 aliphatic heterocycles. The van der Waals surface area contributed by atoms with Gasteiger partial charge in [-0.1, -0.05) is 25.5 Å². The maximum Gasteiger partial charge on any atom is 0.573 e. The molecule has 2 N–H and O–H groups in total. The summed E-state index contributed by atoms with van der Waals surface area (Å²) < 4.78 is 40.5. The third-order valence-corrected chi connectivity index (χ3v) is 4.86. The lowest BCUT2D eigenvalue weighted by molar-refractivity contribution is -0.274. The summed E-state index contributed by atoms with van der Waals surface area (Å²) >= 11 is 1.21. The molecule has 5 nitrogen and oxygen atoms in total. The Morgan fingerprint density at radius 1 is 1.07 bits per heavy atom. The van der Waals surface area contributed by atoms with Gasteiger partial charge in [0.15, 0.2) is 5.13 Å². The molecule has 0 radical (unpaired) electrons. The minimum atomic E-state index is -4.73. The van der Waals surface area contributed by atoms with E-state index in [0.717, 1.165) is 19.3 Å². The summed E-state index contributed by atoms with van der Waals surface area (Å²) in [5.74, 6) is -0.650.